The predicted molar refractivity (Wildman–Crippen MR) is 97.5 cm³/mol. The molecule has 0 atom stereocenters. The van der Waals surface area contributed by atoms with Crippen LogP contribution >= 0.6 is 27.5 Å². The van der Waals surface area contributed by atoms with Gasteiger partial charge in [0.25, 0.3) is 5.56 Å². The zero-order chi connectivity index (χ0) is 17.8. The third kappa shape index (κ3) is 4.46. The minimum atomic E-state index is -0.348. The zero-order valence-electron chi connectivity index (χ0n) is 13.0. The molecule has 0 saturated carbocycles. The van der Waals surface area contributed by atoms with Gasteiger partial charge in [0.1, 0.15) is 23.2 Å². The van der Waals surface area contributed by atoms with Crippen LogP contribution < -0.4 is 10.3 Å². The number of benzene rings is 2. The van der Waals surface area contributed by atoms with Gasteiger partial charge in [-0.3, -0.25) is 9.36 Å². The van der Waals surface area contributed by atoms with Gasteiger partial charge in [-0.05, 0) is 51.3 Å². The maximum Gasteiger partial charge on any atom is 0.271 e. The Morgan fingerprint density at radius 3 is 2.68 bits per heavy atom. The SMILES string of the molecule is O=c1c(Br)c(OCc2cccc(Cl)c2)ncn1Cc1cccc(F)c1. The second kappa shape index (κ2) is 7.80. The molecule has 1 heterocycles. The largest absolute Gasteiger partial charge is 0.472 e. The van der Waals surface area contributed by atoms with Crippen molar-refractivity contribution in [3.05, 3.63) is 91.7 Å². The summed E-state index contributed by atoms with van der Waals surface area (Å²) in [6.45, 7) is 0.455. The second-order valence-corrected chi connectivity index (χ2v) is 6.57. The van der Waals surface area contributed by atoms with Gasteiger partial charge in [0, 0.05) is 5.02 Å². The first kappa shape index (κ1) is 17.6. The third-order valence-electron chi connectivity index (χ3n) is 3.46. The third-order valence-corrected chi connectivity index (χ3v) is 4.37. The van der Waals surface area contributed by atoms with E-state index in [0.717, 1.165) is 5.56 Å². The van der Waals surface area contributed by atoms with E-state index in [-0.39, 0.29) is 34.9 Å². The Morgan fingerprint density at radius 2 is 1.92 bits per heavy atom. The van der Waals surface area contributed by atoms with Gasteiger partial charge < -0.3 is 4.74 Å². The number of hydrogen-bond acceptors (Lipinski definition) is 3. The Bertz CT molecular complexity index is 962. The van der Waals surface area contributed by atoms with Crippen LogP contribution in [0.1, 0.15) is 11.1 Å². The van der Waals surface area contributed by atoms with E-state index in [0.29, 0.717) is 10.6 Å². The average molecular weight is 424 g/mol. The molecule has 0 spiro atoms. The lowest BCUT2D eigenvalue weighted by molar-refractivity contribution is 0.289. The Balaban J connectivity index is 1.77. The molecule has 0 aliphatic rings. The number of aromatic nitrogens is 2. The molecule has 0 aliphatic heterocycles. The molecule has 0 amide bonds. The second-order valence-electron chi connectivity index (χ2n) is 5.35. The highest BCUT2D eigenvalue weighted by molar-refractivity contribution is 9.10. The number of hydrogen-bond donors (Lipinski definition) is 0. The lowest BCUT2D eigenvalue weighted by Crippen LogP contribution is -2.22. The van der Waals surface area contributed by atoms with Crippen LogP contribution in [0.5, 0.6) is 5.88 Å². The molecule has 0 N–H and O–H groups in total. The van der Waals surface area contributed by atoms with Crippen LogP contribution in [0.3, 0.4) is 0 Å². The topological polar surface area (TPSA) is 44.1 Å². The molecule has 128 valence electrons. The Labute approximate surface area is 157 Å². The van der Waals surface area contributed by atoms with Crippen LogP contribution in [0.2, 0.25) is 5.02 Å². The summed E-state index contributed by atoms with van der Waals surface area (Å²) in [4.78, 5) is 16.6. The average Bonchev–Trinajstić information content (AvgIpc) is 2.58. The van der Waals surface area contributed by atoms with Crippen molar-refractivity contribution in [2.45, 2.75) is 13.2 Å². The molecule has 0 bridgehead atoms. The van der Waals surface area contributed by atoms with Crippen molar-refractivity contribution in [3.63, 3.8) is 0 Å². The molecule has 2 aromatic carbocycles. The van der Waals surface area contributed by atoms with Gasteiger partial charge >= 0.3 is 0 Å². The molecule has 3 rings (SSSR count). The van der Waals surface area contributed by atoms with Crippen LogP contribution in [0, 0.1) is 5.82 Å². The first-order valence-electron chi connectivity index (χ1n) is 7.39. The molecule has 0 saturated heterocycles. The highest BCUT2D eigenvalue weighted by Gasteiger charge is 2.11. The van der Waals surface area contributed by atoms with Crippen molar-refractivity contribution in [3.8, 4) is 5.88 Å². The molecule has 1 aromatic heterocycles. The first-order chi connectivity index (χ1) is 12.0. The summed E-state index contributed by atoms with van der Waals surface area (Å²) >= 11 is 9.16. The quantitative estimate of drug-likeness (QED) is 0.610. The molecule has 0 aliphatic carbocycles. The standard InChI is InChI=1S/C18H13BrClFN2O2/c19-16-17(25-10-13-4-1-5-14(20)7-13)22-11-23(18(16)24)9-12-3-2-6-15(21)8-12/h1-8,11H,9-10H2. The van der Waals surface area contributed by atoms with E-state index in [1.165, 1.54) is 23.0 Å². The van der Waals surface area contributed by atoms with Gasteiger partial charge in [0.2, 0.25) is 5.88 Å². The fourth-order valence-electron chi connectivity index (χ4n) is 2.27. The Hall–Kier alpha value is -2.18. The predicted octanol–water partition coefficient (Wildman–Crippen LogP) is 4.43. The normalized spacial score (nSPS) is 10.7. The van der Waals surface area contributed by atoms with Gasteiger partial charge in [-0.1, -0.05) is 35.9 Å². The maximum atomic E-state index is 13.3. The van der Waals surface area contributed by atoms with Crippen molar-refractivity contribution in [2.24, 2.45) is 0 Å². The van der Waals surface area contributed by atoms with Gasteiger partial charge in [-0.15, -0.1) is 0 Å². The minimum absolute atomic E-state index is 0.195. The monoisotopic (exact) mass is 422 g/mol. The van der Waals surface area contributed by atoms with E-state index in [9.17, 15) is 9.18 Å². The fraction of sp³-hybridized carbons (Fsp3) is 0.111. The first-order valence-corrected chi connectivity index (χ1v) is 8.56. The molecular formula is C18H13BrClFN2O2. The van der Waals surface area contributed by atoms with Crippen LogP contribution in [-0.2, 0) is 13.2 Å². The maximum absolute atomic E-state index is 13.3. The number of nitrogens with zero attached hydrogens (tertiary/aromatic N) is 2. The Morgan fingerprint density at radius 1 is 1.16 bits per heavy atom. The summed E-state index contributed by atoms with van der Waals surface area (Å²) in [6, 6.07) is 13.3. The summed E-state index contributed by atoms with van der Waals surface area (Å²) in [5.74, 6) is -0.153. The number of rotatable bonds is 5. The summed E-state index contributed by atoms with van der Waals surface area (Å²) in [6.07, 6.45) is 1.38. The molecule has 0 unspecified atom stereocenters. The van der Waals surface area contributed by atoms with E-state index >= 15 is 0 Å². The van der Waals surface area contributed by atoms with E-state index in [1.807, 2.05) is 12.1 Å². The van der Waals surface area contributed by atoms with E-state index in [2.05, 4.69) is 20.9 Å². The molecule has 25 heavy (non-hydrogen) atoms. The summed E-state index contributed by atoms with van der Waals surface area (Å²) in [5, 5.41) is 0.610. The lowest BCUT2D eigenvalue weighted by atomic mass is 10.2. The highest BCUT2D eigenvalue weighted by Crippen LogP contribution is 2.19. The lowest BCUT2D eigenvalue weighted by Gasteiger charge is -2.10. The fourth-order valence-corrected chi connectivity index (χ4v) is 2.93. The summed E-state index contributed by atoms with van der Waals surface area (Å²) in [7, 11) is 0. The number of halogens is 3. The zero-order valence-corrected chi connectivity index (χ0v) is 15.3. The minimum Gasteiger partial charge on any atom is -0.472 e. The van der Waals surface area contributed by atoms with Gasteiger partial charge in [0.05, 0.1) is 6.54 Å². The molecule has 0 fully saturated rings. The van der Waals surface area contributed by atoms with Crippen molar-refractivity contribution in [1.29, 1.82) is 0 Å². The molecule has 0 radical (unpaired) electrons. The van der Waals surface area contributed by atoms with Crippen LogP contribution in [0.25, 0.3) is 0 Å². The Kier molecular flexibility index (Phi) is 5.50. The van der Waals surface area contributed by atoms with E-state index in [1.54, 1.807) is 24.3 Å². The van der Waals surface area contributed by atoms with Gasteiger partial charge in [-0.25, -0.2) is 9.37 Å². The van der Waals surface area contributed by atoms with Crippen LogP contribution in [0.4, 0.5) is 4.39 Å². The number of ether oxygens (including phenoxy) is 1. The van der Waals surface area contributed by atoms with Gasteiger partial charge in [-0.2, -0.15) is 0 Å². The smallest absolute Gasteiger partial charge is 0.271 e. The van der Waals surface area contributed by atoms with Crippen molar-refractivity contribution < 1.29 is 9.13 Å². The molecule has 7 heteroatoms. The van der Waals surface area contributed by atoms with E-state index in [4.69, 9.17) is 16.3 Å². The molecule has 4 nitrogen and oxygen atoms in total. The van der Waals surface area contributed by atoms with Crippen LogP contribution in [-0.4, -0.2) is 9.55 Å². The molecular weight excluding hydrogens is 411 g/mol. The van der Waals surface area contributed by atoms with Crippen molar-refractivity contribution >= 4 is 27.5 Å². The van der Waals surface area contributed by atoms with Crippen LogP contribution in [0.15, 0.2) is 64.1 Å². The summed E-state index contributed by atoms with van der Waals surface area (Å²) < 4.78 is 20.5. The molecule has 3 aromatic rings. The van der Waals surface area contributed by atoms with E-state index < -0.39 is 0 Å². The van der Waals surface area contributed by atoms with Crippen molar-refractivity contribution in [1.82, 2.24) is 9.55 Å². The van der Waals surface area contributed by atoms with Gasteiger partial charge in [0.15, 0.2) is 0 Å². The highest BCUT2D eigenvalue weighted by atomic mass is 79.9. The summed E-state index contributed by atoms with van der Waals surface area (Å²) in [5.41, 5.74) is 1.23. The van der Waals surface area contributed by atoms with Crippen molar-refractivity contribution in [2.75, 3.05) is 0 Å².